The van der Waals surface area contributed by atoms with Crippen LogP contribution in [0.1, 0.15) is 17.5 Å². The van der Waals surface area contributed by atoms with Crippen molar-refractivity contribution in [3.05, 3.63) is 58.6 Å². The van der Waals surface area contributed by atoms with E-state index in [4.69, 9.17) is 11.6 Å². The van der Waals surface area contributed by atoms with E-state index in [-0.39, 0.29) is 5.91 Å². The van der Waals surface area contributed by atoms with E-state index < -0.39 is 0 Å². The number of nitrogens with one attached hydrogen (secondary N) is 2. The van der Waals surface area contributed by atoms with Gasteiger partial charge in [-0.25, -0.2) is 0 Å². The molecule has 110 valence electrons. The first-order valence-corrected chi connectivity index (χ1v) is 7.29. The Hall–Kier alpha value is -2.00. The number of hydrogen-bond donors (Lipinski definition) is 2. The number of carbonyl (C=O) groups excluding carboxylic acids is 1. The molecule has 2 aromatic rings. The van der Waals surface area contributed by atoms with Gasteiger partial charge in [-0.05, 0) is 43.2 Å². The highest BCUT2D eigenvalue weighted by Gasteiger charge is 2.09. The Labute approximate surface area is 130 Å². The van der Waals surface area contributed by atoms with E-state index >= 15 is 0 Å². The van der Waals surface area contributed by atoms with Crippen LogP contribution < -0.4 is 10.6 Å². The lowest BCUT2D eigenvalue weighted by molar-refractivity contribution is -0.115. The predicted octanol–water partition coefficient (Wildman–Crippen LogP) is 4.40. The molecule has 2 rings (SSSR count). The lowest BCUT2D eigenvalue weighted by Gasteiger charge is -2.12. The van der Waals surface area contributed by atoms with Crippen molar-refractivity contribution >= 4 is 28.9 Å². The number of para-hydroxylation sites is 1. The smallest absolute Gasteiger partial charge is 0.226 e. The van der Waals surface area contributed by atoms with Gasteiger partial charge < -0.3 is 10.6 Å². The number of carbonyl (C=O) groups is 1. The van der Waals surface area contributed by atoms with Gasteiger partial charge in [0.15, 0.2) is 0 Å². The van der Waals surface area contributed by atoms with E-state index in [1.54, 1.807) is 0 Å². The maximum absolute atomic E-state index is 12.0. The van der Waals surface area contributed by atoms with Gasteiger partial charge in [-0.3, -0.25) is 4.79 Å². The largest absolute Gasteiger partial charge is 0.385 e. The number of rotatable bonds is 5. The predicted molar refractivity (Wildman–Crippen MR) is 89.1 cm³/mol. The van der Waals surface area contributed by atoms with E-state index in [0.717, 1.165) is 16.8 Å². The molecule has 0 heterocycles. The van der Waals surface area contributed by atoms with Gasteiger partial charge in [0.2, 0.25) is 5.91 Å². The van der Waals surface area contributed by atoms with Crippen molar-refractivity contribution in [1.82, 2.24) is 0 Å². The molecule has 0 saturated carbocycles. The maximum Gasteiger partial charge on any atom is 0.226 e. The SMILES string of the molecule is Cc1cc(C)c(NC(=O)CCNc2ccccc2)c(Cl)c1. The molecule has 0 radical (unpaired) electrons. The Bertz CT molecular complexity index is 603. The first kappa shape index (κ1) is 15.4. The van der Waals surface area contributed by atoms with Crippen LogP contribution in [-0.4, -0.2) is 12.5 Å². The Kier molecular flexibility index (Phi) is 5.23. The number of aryl methyl sites for hydroxylation is 2. The van der Waals surface area contributed by atoms with Crippen molar-refractivity contribution in [1.29, 1.82) is 0 Å². The summed E-state index contributed by atoms with van der Waals surface area (Å²) in [4.78, 5) is 12.0. The van der Waals surface area contributed by atoms with Crippen LogP contribution in [0.5, 0.6) is 0 Å². The molecule has 0 fully saturated rings. The first-order chi connectivity index (χ1) is 10.1. The number of hydrogen-bond acceptors (Lipinski definition) is 2. The fourth-order valence-electron chi connectivity index (χ4n) is 2.15. The molecule has 0 atom stereocenters. The van der Waals surface area contributed by atoms with Gasteiger partial charge in [-0.2, -0.15) is 0 Å². The Morgan fingerprint density at radius 2 is 1.86 bits per heavy atom. The summed E-state index contributed by atoms with van der Waals surface area (Å²) in [5.41, 5.74) is 3.77. The average Bonchev–Trinajstić information content (AvgIpc) is 2.44. The molecule has 0 aliphatic carbocycles. The molecule has 0 unspecified atom stereocenters. The summed E-state index contributed by atoms with van der Waals surface area (Å²) in [6.07, 6.45) is 0.387. The second kappa shape index (κ2) is 7.14. The molecule has 0 aliphatic rings. The highest BCUT2D eigenvalue weighted by Crippen LogP contribution is 2.27. The molecule has 1 amide bonds. The van der Waals surface area contributed by atoms with Crippen LogP contribution >= 0.6 is 11.6 Å². The van der Waals surface area contributed by atoms with Gasteiger partial charge in [0.25, 0.3) is 0 Å². The molecule has 0 aliphatic heterocycles. The number of halogens is 1. The Morgan fingerprint density at radius 1 is 1.14 bits per heavy atom. The molecule has 2 aromatic carbocycles. The van der Waals surface area contributed by atoms with Crippen molar-refractivity contribution < 1.29 is 4.79 Å². The van der Waals surface area contributed by atoms with Gasteiger partial charge >= 0.3 is 0 Å². The number of anilines is 2. The van der Waals surface area contributed by atoms with Crippen molar-refractivity contribution in [2.24, 2.45) is 0 Å². The third-order valence-electron chi connectivity index (χ3n) is 3.15. The minimum atomic E-state index is -0.0488. The van der Waals surface area contributed by atoms with Gasteiger partial charge in [-0.15, -0.1) is 0 Å². The van der Waals surface area contributed by atoms with Crippen molar-refractivity contribution in [2.45, 2.75) is 20.3 Å². The van der Waals surface area contributed by atoms with Crippen LogP contribution in [0.25, 0.3) is 0 Å². The monoisotopic (exact) mass is 302 g/mol. The molecule has 0 saturated heterocycles. The summed E-state index contributed by atoms with van der Waals surface area (Å²) in [6, 6.07) is 13.7. The number of amides is 1. The summed E-state index contributed by atoms with van der Waals surface area (Å²) in [7, 11) is 0. The maximum atomic E-state index is 12.0. The third-order valence-corrected chi connectivity index (χ3v) is 3.45. The topological polar surface area (TPSA) is 41.1 Å². The summed E-state index contributed by atoms with van der Waals surface area (Å²) in [6.45, 7) is 4.50. The standard InChI is InChI=1S/C17H19ClN2O/c1-12-10-13(2)17(15(18)11-12)20-16(21)8-9-19-14-6-4-3-5-7-14/h3-7,10-11,19H,8-9H2,1-2H3,(H,20,21). The minimum Gasteiger partial charge on any atom is -0.385 e. The third kappa shape index (κ3) is 4.50. The Morgan fingerprint density at radius 3 is 2.52 bits per heavy atom. The fourth-order valence-corrected chi connectivity index (χ4v) is 2.52. The lowest BCUT2D eigenvalue weighted by atomic mass is 10.1. The molecular formula is C17H19ClN2O. The summed E-state index contributed by atoms with van der Waals surface area (Å²) < 4.78 is 0. The van der Waals surface area contributed by atoms with Crippen LogP contribution in [0.15, 0.2) is 42.5 Å². The van der Waals surface area contributed by atoms with Crippen LogP contribution in [0.4, 0.5) is 11.4 Å². The molecule has 0 aromatic heterocycles. The zero-order valence-electron chi connectivity index (χ0n) is 12.2. The number of benzene rings is 2. The van der Waals surface area contributed by atoms with Gasteiger partial charge in [0, 0.05) is 18.7 Å². The summed E-state index contributed by atoms with van der Waals surface area (Å²) in [5.74, 6) is -0.0488. The van der Waals surface area contributed by atoms with E-state index in [9.17, 15) is 4.79 Å². The van der Waals surface area contributed by atoms with Crippen molar-refractivity contribution in [3.8, 4) is 0 Å². The quantitative estimate of drug-likeness (QED) is 0.859. The second-order valence-corrected chi connectivity index (χ2v) is 5.44. The van der Waals surface area contributed by atoms with Crippen LogP contribution in [0.2, 0.25) is 5.02 Å². The van der Waals surface area contributed by atoms with E-state index in [1.807, 2.05) is 56.3 Å². The van der Waals surface area contributed by atoms with Gasteiger partial charge in [0.05, 0.1) is 10.7 Å². The average molecular weight is 303 g/mol. The Balaban J connectivity index is 1.88. The summed E-state index contributed by atoms with van der Waals surface area (Å²) >= 11 is 6.18. The second-order valence-electron chi connectivity index (χ2n) is 5.03. The van der Waals surface area contributed by atoms with E-state index in [0.29, 0.717) is 23.7 Å². The van der Waals surface area contributed by atoms with Crippen LogP contribution in [0.3, 0.4) is 0 Å². The highest BCUT2D eigenvalue weighted by atomic mass is 35.5. The minimum absolute atomic E-state index is 0.0488. The lowest BCUT2D eigenvalue weighted by Crippen LogP contribution is -2.17. The fraction of sp³-hybridized carbons (Fsp3) is 0.235. The molecule has 0 bridgehead atoms. The van der Waals surface area contributed by atoms with E-state index in [1.165, 1.54) is 0 Å². The van der Waals surface area contributed by atoms with Crippen LogP contribution in [0, 0.1) is 13.8 Å². The zero-order chi connectivity index (χ0) is 15.2. The van der Waals surface area contributed by atoms with Gasteiger partial charge in [0.1, 0.15) is 0 Å². The van der Waals surface area contributed by atoms with Crippen LogP contribution in [-0.2, 0) is 4.79 Å². The molecule has 21 heavy (non-hydrogen) atoms. The molecule has 0 spiro atoms. The molecule has 4 heteroatoms. The van der Waals surface area contributed by atoms with Crippen molar-refractivity contribution in [2.75, 3.05) is 17.2 Å². The molecule has 2 N–H and O–H groups in total. The molecular weight excluding hydrogens is 284 g/mol. The normalized spacial score (nSPS) is 10.2. The van der Waals surface area contributed by atoms with Gasteiger partial charge in [-0.1, -0.05) is 35.9 Å². The zero-order valence-corrected chi connectivity index (χ0v) is 13.0. The first-order valence-electron chi connectivity index (χ1n) is 6.92. The van der Waals surface area contributed by atoms with Crippen molar-refractivity contribution in [3.63, 3.8) is 0 Å². The molecule has 3 nitrogen and oxygen atoms in total. The van der Waals surface area contributed by atoms with E-state index in [2.05, 4.69) is 10.6 Å². The highest BCUT2D eigenvalue weighted by molar-refractivity contribution is 6.34. The summed E-state index contributed by atoms with van der Waals surface area (Å²) in [5, 5.41) is 6.67.